The number of pyridine rings is 1. The fourth-order valence-corrected chi connectivity index (χ4v) is 3.46. The molecule has 9 heteroatoms. The van der Waals surface area contributed by atoms with E-state index in [2.05, 4.69) is 5.32 Å². The Morgan fingerprint density at radius 2 is 2.13 bits per heavy atom. The predicted molar refractivity (Wildman–Crippen MR) is 83.9 cm³/mol. The van der Waals surface area contributed by atoms with Gasteiger partial charge in [-0.2, -0.15) is 24.9 Å². The Morgan fingerprint density at radius 1 is 1.43 bits per heavy atom. The number of thioether (sulfide) groups is 1. The van der Waals surface area contributed by atoms with E-state index in [4.69, 9.17) is 0 Å². The molecular weight excluding hydrogens is 331 g/mol. The second-order valence-corrected chi connectivity index (χ2v) is 6.90. The van der Waals surface area contributed by atoms with Gasteiger partial charge in [-0.25, -0.2) is 4.79 Å². The fourth-order valence-electron chi connectivity index (χ4n) is 2.36. The molecule has 0 spiro atoms. The minimum Gasteiger partial charge on any atom is -0.320 e. The van der Waals surface area contributed by atoms with Gasteiger partial charge in [-0.3, -0.25) is 4.79 Å². The van der Waals surface area contributed by atoms with Gasteiger partial charge >= 0.3 is 12.2 Å². The molecule has 1 saturated heterocycles. The molecule has 0 aliphatic carbocycles. The number of nitrogens with one attached hydrogen (secondary N) is 1. The molecule has 2 rings (SSSR count). The third-order valence-electron chi connectivity index (χ3n) is 3.76. The average Bonchev–Trinajstić information content (AvgIpc) is 2.44. The van der Waals surface area contributed by atoms with Gasteiger partial charge in [0.15, 0.2) is 0 Å². The van der Waals surface area contributed by atoms with E-state index >= 15 is 0 Å². The van der Waals surface area contributed by atoms with Crippen LogP contribution in [0, 0.1) is 0 Å². The summed E-state index contributed by atoms with van der Waals surface area (Å²) in [5.41, 5.74) is -1.02. The van der Waals surface area contributed by atoms with Crippen molar-refractivity contribution in [3.05, 3.63) is 28.7 Å². The number of aromatic nitrogens is 1. The average molecular weight is 349 g/mol. The summed E-state index contributed by atoms with van der Waals surface area (Å²) in [4.78, 5) is 25.9. The quantitative estimate of drug-likeness (QED) is 0.893. The zero-order chi connectivity index (χ0) is 17.2. The van der Waals surface area contributed by atoms with Crippen molar-refractivity contribution in [1.82, 2.24) is 9.47 Å². The van der Waals surface area contributed by atoms with Crippen LogP contribution in [0.4, 0.5) is 23.7 Å². The molecule has 0 bridgehead atoms. The molecule has 1 aromatic heterocycles. The SMILES string of the molecule is C[C@@H]1SCCN(C(=O)Nc2cccn(CC(F)(F)F)c2=O)[C@H]1C. The van der Waals surface area contributed by atoms with Crippen molar-refractivity contribution < 1.29 is 18.0 Å². The first-order valence-corrected chi connectivity index (χ1v) is 8.19. The maximum atomic E-state index is 12.4. The van der Waals surface area contributed by atoms with Gasteiger partial charge in [0, 0.05) is 29.8 Å². The highest BCUT2D eigenvalue weighted by molar-refractivity contribution is 8.00. The number of carbonyl (C=O) groups excluding carboxylic acids is 1. The van der Waals surface area contributed by atoms with Crippen LogP contribution >= 0.6 is 11.8 Å². The van der Waals surface area contributed by atoms with Gasteiger partial charge in [0.05, 0.1) is 0 Å². The summed E-state index contributed by atoms with van der Waals surface area (Å²) in [6.45, 7) is 3.06. The topological polar surface area (TPSA) is 54.3 Å². The first kappa shape index (κ1) is 17.7. The molecule has 0 aromatic carbocycles. The first-order chi connectivity index (χ1) is 10.7. The van der Waals surface area contributed by atoms with Crippen LogP contribution in [-0.2, 0) is 6.54 Å². The molecule has 128 valence electrons. The molecular formula is C14H18F3N3O2S. The summed E-state index contributed by atoms with van der Waals surface area (Å²) in [6, 6.07) is 2.13. The Balaban J connectivity index is 2.15. The van der Waals surface area contributed by atoms with E-state index in [9.17, 15) is 22.8 Å². The molecule has 0 unspecified atom stereocenters. The molecule has 23 heavy (non-hydrogen) atoms. The van der Waals surface area contributed by atoms with Gasteiger partial charge in [-0.05, 0) is 19.1 Å². The third-order valence-corrected chi connectivity index (χ3v) is 5.09. The van der Waals surface area contributed by atoms with Crippen LogP contribution < -0.4 is 10.9 Å². The summed E-state index contributed by atoms with van der Waals surface area (Å²) >= 11 is 1.75. The smallest absolute Gasteiger partial charge is 0.320 e. The van der Waals surface area contributed by atoms with Crippen molar-refractivity contribution in [3.63, 3.8) is 0 Å². The van der Waals surface area contributed by atoms with E-state index < -0.39 is 24.3 Å². The van der Waals surface area contributed by atoms with Crippen molar-refractivity contribution >= 4 is 23.5 Å². The number of hydrogen-bond donors (Lipinski definition) is 1. The van der Waals surface area contributed by atoms with E-state index in [0.717, 1.165) is 11.9 Å². The summed E-state index contributed by atoms with van der Waals surface area (Å²) in [5, 5.41) is 2.69. The van der Waals surface area contributed by atoms with Crippen LogP contribution in [0.15, 0.2) is 23.1 Å². The van der Waals surface area contributed by atoms with Crippen LogP contribution in [-0.4, -0.2) is 45.3 Å². The Hall–Kier alpha value is -1.64. The van der Waals surface area contributed by atoms with Gasteiger partial charge in [-0.1, -0.05) is 6.92 Å². The number of carbonyl (C=O) groups is 1. The Labute approximate surface area is 135 Å². The Bertz CT molecular complexity index is 632. The zero-order valence-corrected chi connectivity index (χ0v) is 13.6. The van der Waals surface area contributed by atoms with Gasteiger partial charge < -0.3 is 14.8 Å². The second-order valence-electron chi connectivity index (χ2n) is 5.41. The van der Waals surface area contributed by atoms with Crippen molar-refractivity contribution in [2.45, 2.75) is 37.9 Å². The number of alkyl halides is 3. The molecule has 5 nitrogen and oxygen atoms in total. The molecule has 0 radical (unpaired) electrons. The van der Waals surface area contributed by atoms with E-state index in [1.165, 1.54) is 12.1 Å². The molecule has 1 aliphatic rings. The molecule has 2 amide bonds. The number of urea groups is 1. The molecule has 2 heterocycles. The van der Waals surface area contributed by atoms with Gasteiger partial charge in [0.2, 0.25) is 0 Å². The number of halogens is 3. The van der Waals surface area contributed by atoms with Crippen LogP contribution in [0.3, 0.4) is 0 Å². The highest BCUT2D eigenvalue weighted by Gasteiger charge is 2.30. The van der Waals surface area contributed by atoms with Crippen molar-refractivity contribution in [2.24, 2.45) is 0 Å². The summed E-state index contributed by atoms with van der Waals surface area (Å²) < 4.78 is 37.9. The van der Waals surface area contributed by atoms with Crippen molar-refractivity contribution in [1.29, 1.82) is 0 Å². The van der Waals surface area contributed by atoms with Crippen LogP contribution in [0.1, 0.15) is 13.8 Å². The van der Waals surface area contributed by atoms with Gasteiger partial charge in [-0.15, -0.1) is 0 Å². The van der Waals surface area contributed by atoms with Crippen molar-refractivity contribution in [2.75, 3.05) is 17.6 Å². The fraction of sp³-hybridized carbons (Fsp3) is 0.571. The molecule has 1 aromatic rings. The number of nitrogens with zero attached hydrogens (tertiary/aromatic N) is 2. The predicted octanol–water partition coefficient (Wildman–Crippen LogP) is 2.77. The Kier molecular flexibility index (Phi) is 5.28. The Morgan fingerprint density at radius 3 is 2.78 bits per heavy atom. The van der Waals surface area contributed by atoms with Gasteiger partial charge in [0.1, 0.15) is 12.2 Å². The molecule has 1 fully saturated rings. The van der Waals surface area contributed by atoms with Crippen LogP contribution in [0.5, 0.6) is 0 Å². The van der Waals surface area contributed by atoms with Crippen LogP contribution in [0.2, 0.25) is 0 Å². The minimum absolute atomic E-state index is 0.0186. The van der Waals surface area contributed by atoms with E-state index in [1.807, 2.05) is 13.8 Å². The number of hydrogen-bond acceptors (Lipinski definition) is 3. The van der Waals surface area contributed by atoms with E-state index in [1.54, 1.807) is 16.7 Å². The largest absolute Gasteiger partial charge is 0.406 e. The standard InChI is InChI=1S/C14H18F3N3O2S/c1-9-10(2)23-7-6-20(9)13(22)18-11-4-3-5-19(12(11)21)8-14(15,16)17/h3-5,9-10H,6-8H2,1-2H3,(H,18,22)/t9-,10-/m0/s1. The summed E-state index contributed by atoms with van der Waals surface area (Å²) in [5.74, 6) is 0.784. The normalized spacial score (nSPS) is 22.0. The molecule has 0 saturated carbocycles. The highest BCUT2D eigenvalue weighted by Crippen LogP contribution is 2.24. The molecule has 1 N–H and O–H groups in total. The summed E-state index contributed by atoms with van der Waals surface area (Å²) in [6.07, 6.45) is -3.45. The molecule has 2 atom stereocenters. The maximum absolute atomic E-state index is 12.4. The molecule has 1 aliphatic heterocycles. The number of anilines is 1. The monoisotopic (exact) mass is 349 g/mol. The van der Waals surface area contributed by atoms with Gasteiger partial charge in [0.25, 0.3) is 5.56 Å². The minimum atomic E-state index is -4.50. The lowest BCUT2D eigenvalue weighted by molar-refractivity contribution is -0.141. The lowest BCUT2D eigenvalue weighted by Gasteiger charge is -2.37. The maximum Gasteiger partial charge on any atom is 0.406 e. The first-order valence-electron chi connectivity index (χ1n) is 7.14. The number of amides is 2. The van der Waals surface area contributed by atoms with E-state index in [-0.39, 0.29) is 17.0 Å². The van der Waals surface area contributed by atoms with E-state index in [0.29, 0.717) is 11.1 Å². The third kappa shape index (κ3) is 4.43. The lowest BCUT2D eigenvalue weighted by Crippen LogP contribution is -2.50. The number of rotatable bonds is 2. The van der Waals surface area contributed by atoms with Crippen LogP contribution in [0.25, 0.3) is 0 Å². The second kappa shape index (κ2) is 6.86. The zero-order valence-electron chi connectivity index (χ0n) is 12.8. The van der Waals surface area contributed by atoms with Crippen molar-refractivity contribution in [3.8, 4) is 0 Å². The summed E-state index contributed by atoms with van der Waals surface area (Å²) in [7, 11) is 0. The highest BCUT2D eigenvalue weighted by atomic mass is 32.2. The lowest BCUT2D eigenvalue weighted by atomic mass is 10.2.